The average Bonchev–Trinajstić information content (AvgIpc) is 2.50. The Bertz CT molecular complexity index is 436. The Morgan fingerprint density at radius 2 is 1.74 bits per heavy atom. The van der Waals surface area contributed by atoms with Gasteiger partial charge in [0.2, 0.25) is 0 Å². The number of carbonyl (C=O) groups excluding carboxylic acids is 1. The van der Waals surface area contributed by atoms with Gasteiger partial charge in [0.25, 0.3) is 0 Å². The van der Waals surface area contributed by atoms with Crippen LogP contribution in [0.3, 0.4) is 0 Å². The Balaban J connectivity index is 0. The van der Waals surface area contributed by atoms with E-state index in [2.05, 4.69) is 4.74 Å². The number of ether oxygens (including phenoxy) is 2. The third-order valence-electron chi connectivity index (χ3n) is 1.84. The van der Waals surface area contributed by atoms with E-state index < -0.39 is 5.97 Å². The van der Waals surface area contributed by atoms with Crippen molar-refractivity contribution < 1.29 is 19.4 Å². The molecule has 0 radical (unpaired) electrons. The van der Waals surface area contributed by atoms with E-state index >= 15 is 0 Å². The zero-order chi connectivity index (χ0) is 15.4. The molecule has 5 nitrogen and oxygen atoms in total. The highest BCUT2D eigenvalue weighted by Crippen LogP contribution is 2.31. The molecule has 0 amide bonds. The summed E-state index contributed by atoms with van der Waals surface area (Å²) in [5, 5.41) is 18.2. The predicted octanol–water partition coefficient (Wildman–Crippen LogP) is 3.11. The van der Waals surface area contributed by atoms with Crippen LogP contribution in [-0.2, 0) is 4.74 Å². The molecule has 0 spiro atoms. The van der Waals surface area contributed by atoms with Crippen LogP contribution < -0.4 is 4.74 Å². The quantitative estimate of drug-likeness (QED) is 0.833. The zero-order valence-electron chi connectivity index (χ0n) is 12.3. The van der Waals surface area contributed by atoms with Crippen molar-refractivity contribution >= 4 is 5.97 Å². The molecule has 0 bridgehead atoms. The molecule has 1 aromatic carbocycles. The number of methoxy groups -OCH3 is 2. The molecule has 0 aliphatic rings. The van der Waals surface area contributed by atoms with Gasteiger partial charge in [0.15, 0.2) is 11.5 Å². The molecule has 0 fully saturated rings. The molecule has 19 heavy (non-hydrogen) atoms. The van der Waals surface area contributed by atoms with Gasteiger partial charge in [-0.25, -0.2) is 4.79 Å². The Kier molecular flexibility index (Phi) is 11.0. The van der Waals surface area contributed by atoms with Gasteiger partial charge in [0.05, 0.1) is 25.3 Å². The third-order valence-corrected chi connectivity index (χ3v) is 1.84. The molecule has 1 N–H and O–H groups in total. The van der Waals surface area contributed by atoms with E-state index in [1.54, 1.807) is 6.07 Å². The lowest BCUT2D eigenvalue weighted by molar-refractivity contribution is 0.0600. The lowest BCUT2D eigenvalue weighted by Gasteiger charge is -2.06. The molecule has 106 valence electrons. The van der Waals surface area contributed by atoms with Gasteiger partial charge in [0.1, 0.15) is 6.07 Å². The van der Waals surface area contributed by atoms with Crippen LogP contribution >= 0.6 is 0 Å². The van der Waals surface area contributed by atoms with Gasteiger partial charge in [-0.2, -0.15) is 5.26 Å². The number of hydrogen-bond acceptors (Lipinski definition) is 5. The summed E-state index contributed by atoms with van der Waals surface area (Å²) in [6.45, 7) is 8.00. The van der Waals surface area contributed by atoms with E-state index in [1.807, 2.05) is 27.7 Å². The molecule has 0 aromatic heterocycles. The van der Waals surface area contributed by atoms with E-state index in [-0.39, 0.29) is 22.6 Å². The van der Waals surface area contributed by atoms with Crippen LogP contribution in [0.2, 0.25) is 0 Å². The molecule has 0 aliphatic heterocycles. The van der Waals surface area contributed by atoms with Crippen molar-refractivity contribution in [3.63, 3.8) is 0 Å². The van der Waals surface area contributed by atoms with E-state index in [1.165, 1.54) is 26.4 Å². The highest BCUT2D eigenvalue weighted by Gasteiger charge is 2.14. The van der Waals surface area contributed by atoms with Gasteiger partial charge in [-0.05, 0) is 12.1 Å². The summed E-state index contributed by atoms with van der Waals surface area (Å²) in [5.74, 6) is -0.813. The fourth-order valence-electron chi connectivity index (χ4n) is 1.08. The summed E-state index contributed by atoms with van der Waals surface area (Å²) >= 11 is 0. The number of rotatable bonds is 2. The first kappa shape index (κ1) is 19.1. The van der Waals surface area contributed by atoms with Crippen LogP contribution in [0.4, 0.5) is 0 Å². The van der Waals surface area contributed by atoms with Crippen molar-refractivity contribution in [3.8, 4) is 17.6 Å². The average molecular weight is 267 g/mol. The van der Waals surface area contributed by atoms with Crippen LogP contribution in [-0.4, -0.2) is 25.3 Å². The first-order chi connectivity index (χ1) is 9.13. The van der Waals surface area contributed by atoms with Gasteiger partial charge < -0.3 is 14.6 Å². The van der Waals surface area contributed by atoms with Crippen LogP contribution in [0.5, 0.6) is 11.5 Å². The van der Waals surface area contributed by atoms with Crippen LogP contribution in [0.15, 0.2) is 12.1 Å². The standard InChI is InChI=1S/C10H9NO4.2C2H6/c1-14-8-4-6(10(13)15-2)3-7(5-11)9(8)12;2*1-2/h3-4,12H,1-2H3;2*1-2H3. The molecular formula is C14H21NO4. The molecule has 1 aromatic rings. The Hall–Kier alpha value is -2.22. The zero-order valence-corrected chi connectivity index (χ0v) is 12.3. The summed E-state index contributed by atoms with van der Waals surface area (Å²) in [4.78, 5) is 11.2. The molecule has 5 heteroatoms. The van der Waals surface area contributed by atoms with Gasteiger partial charge in [-0.15, -0.1) is 0 Å². The van der Waals surface area contributed by atoms with Gasteiger partial charge >= 0.3 is 5.97 Å². The molecule has 0 atom stereocenters. The molecule has 0 aliphatic carbocycles. The maximum atomic E-state index is 11.2. The first-order valence-corrected chi connectivity index (χ1v) is 6.03. The number of phenolic OH excluding ortho intramolecular Hbond substituents is 1. The van der Waals surface area contributed by atoms with Crippen molar-refractivity contribution in [2.75, 3.05) is 14.2 Å². The topological polar surface area (TPSA) is 79.6 Å². The maximum absolute atomic E-state index is 11.2. The number of carbonyl (C=O) groups is 1. The first-order valence-electron chi connectivity index (χ1n) is 6.03. The lowest BCUT2D eigenvalue weighted by Crippen LogP contribution is -2.02. The smallest absolute Gasteiger partial charge is 0.338 e. The summed E-state index contributed by atoms with van der Waals surface area (Å²) < 4.78 is 9.30. The minimum Gasteiger partial charge on any atom is -0.503 e. The minimum absolute atomic E-state index is 0.0326. The molecule has 0 heterocycles. The summed E-state index contributed by atoms with van der Waals surface area (Å²) in [6.07, 6.45) is 0. The fourth-order valence-corrected chi connectivity index (χ4v) is 1.08. The molecule has 1 rings (SSSR count). The Labute approximate surface area is 114 Å². The van der Waals surface area contributed by atoms with Gasteiger partial charge in [0, 0.05) is 0 Å². The molecule has 0 saturated heterocycles. The second kappa shape index (κ2) is 10.9. The van der Waals surface area contributed by atoms with Crippen molar-refractivity contribution in [1.29, 1.82) is 5.26 Å². The molecular weight excluding hydrogens is 246 g/mol. The minimum atomic E-state index is -0.593. The van der Waals surface area contributed by atoms with Crippen molar-refractivity contribution in [3.05, 3.63) is 23.3 Å². The monoisotopic (exact) mass is 267 g/mol. The van der Waals surface area contributed by atoms with E-state index in [0.29, 0.717) is 0 Å². The van der Waals surface area contributed by atoms with Crippen molar-refractivity contribution in [1.82, 2.24) is 0 Å². The fraction of sp³-hybridized carbons (Fsp3) is 0.429. The summed E-state index contributed by atoms with van der Waals surface area (Å²) in [7, 11) is 2.56. The Morgan fingerprint density at radius 3 is 2.11 bits per heavy atom. The van der Waals surface area contributed by atoms with Gasteiger partial charge in [-0.1, -0.05) is 27.7 Å². The van der Waals surface area contributed by atoms with E-state index in [9.17, 15) is 9.90 Å². The molecule has 0 saturated carbocycles. The van der Waals surface area contributed by atoms with E-state index in [4.69, 9.17) is 10.00 Å². The summed E-state index contributed by atoms with van der Waals surface area (Å²) in [5.41, 5.74) is 0.124. The number of phenols is 1. The highest BCUT2D eigenvalue weighted by atomic mass is 16.5. The SMILES string of the molecule is CC.CC.COC(=O)c1cc(C#N)c(O)c(OC)c1. The second-order valence-corrected chi connectivity index (χ2v) is 2.68. The number of hydrogen-bond donors (Lipinski definition) is 1. The lowest BCUT2D eigenvalue weighted by atomic mass is 10.1. The predicted molar refractivity (Wildman–Crippen MR) is 73.4 cm³/mol. The Morgan fingerprint density at radius 1 is 1.21 bits per heavy atom. The van der Waals surface area contributed by atoms with Crippen molar-refractivity contribution in [2.24, 2.45) is 0 Å². The maximum Gasteiger partial charge on any atom is 0.338 e. The number of nitriles is 1. The largest absolute Gasteiger partial charge is 0.503 e. The number of esters is 1. The van der Waals surface area contributed by atoms with Crippen LogP contribution in [0, 0.1) is 11.3 Å². The third kappa shape index (κ3) is 5.30. The summed E-state index contributed by atoms with van der Waals surface area (Å²) in [6, 6.07) is 4.30. The number of benzene rings is 1. The highest BCUT2D eigenvalue weighted by molar-refractivity contribution is 5.90. The normalized spacial score (nSPS) is 7.84. The number of nitrogens with zero attached hydrogens (tertiary/aromatic N) is 1. The number of aromatic hydroxyl groups is 1. The second-order valence-electron chi connectivity index (χ2n) is 2.68. The van der Waals surface area contributed by atoms with Crippen LogP contribution in [0.25, 0.3) is 0 Å². The van der Waals surface area contributed by atoms with Gasteiger partial charge in [-0.3, -0.25) is 0 Å². The molecule has 0 unspecified atom stereocenters. The van der Waals surface area contributed by atoms with E-state index in [0.717, 1.165) is 0 Å². The van der Waals surface area contributed by atoms with Crippen molar-refractivity contribution in [2.45, 2.75) is 27.7 Å². The van der Waals surface area contributed by atoms with Crippen LogP contribution in [0.1, 0.15) is 43.6 Å².